The van der Waals surface area contributed by atoms with E-state index in [9.17, 15) is 9.59 Å². The van der Waals surface area contributed by atoms with Crippen molar-refractivity contribution < 1.29 is 14.3 Å². The van der Waals surface area contributed by atoms with Crippen molar-refractivity contribution in [1.29, 1.82) is 0 Å². The lowest BCUT2D eigenvalue weighted by Crippen LogP contribution is -2.49. The molecule has 2 atom stereocenters. The van der Waals surface area contributed by atoms with Gasteiger partial charge in [0, 0.05) is 30.4 Å². The van der Waals surface area contributed by atoms with Gasteiger partial charge in [-0.15, -0.1) is 0 Å². The van der Waals surface area contributed by atoms with Crippen molar-refractivity contribution >= 4 is 17.5 Å². The summed E-state index contributed by atoms with van der Waals surface area (Å²) in [6, 6.07) is 1.94. The predicted molar refractivity (Wildman–Crippen MR) is 94.9 cm³/mol. The Labute approximate surface area is 152 Å². The molecule has 2 aromatic rings. The number of piperidine rings is 1. The Balaban J connectivity index is 1.52. The largest absolute Gasteiger partial charge is 0.444 e. The summed E-state index contributed by atoms with van der Waals surface area (Å²) in [5.41, 5.74) is 0.659. The number of carbonyl (C=O) groups is 2. The molecule has 2 fully saturated rings. The molecule has 4 rings (SSSR count). The van der Waals surface area contributed by atoms with E-state index in [4.69, 9.17) is 4.74 Å². The van der Waals surface area contributed by atoms with Crippen molar-refractivity contribution in [1.82, 2.24) is 19.5 Å². The molecule has 0 aliphatic carbocycles. The molecule has 7 heteroatoms. The number of Topliss-reactive ketones (excluding diaryl/α,β-unsaturated/α-hetero) is 1. The van der Waals surface area contributed by atoms with Gasteiger partial charge in [0.1, 0.15) is 5.60 Å². The molecule has 0 aromatic carbocycles. The zero-order valence-electron chi connectivity index (χ0n) is 15.4. The Morgan fingerprint density at radius 3 is 2.54 bits per heavy atom. The highest BCUT2D eigenvalue weighted by Crippen LogP contribution is 2.40. The van der Waals surface area contributed by atoms with E-state index in [0.717, 1.165) is 12.8 Å². The van der Waals surface area contributed by atoms with E-state index >= 15 is 0 Å². The highest BCUT2D eigenvalue weighted by molar-refractivity contribution is 6.02. The molecule has 2 aliphatic rings. The summed E-state index contributed by atoms with van der Waals surface area (Å²) in [4.78, 5) is 31.8. The maximum absolute atomic E-state index is 13.1. The predicted octanol–water partition coefficient (Wildman–Crippen LogP) is 3.09. The van der Waals surface area contributed by atoms with Crippen LogP contribution in [0.15, 0.2) is 24.7 Å². The number of rotatable bonds is 2. The van der Waals surface area contributed by atoms with Crippen molar-refractivity contribution in [2.45, 2.75) is 64.1 Å². The van der Waals surface area contributed by atoms with Gasteiger partial charge in [0.15, 0.2) is 11.4 Å². The Morgan fingerprint density at radius 2 is 1.88 bits per heavy atom. The molecule has 138 valence electrons. The minimum Gasteiger partial charge on any atom is -0.444 e. The minimum atomic E-state index is -0.508. The van der Waals surface area contributed by atoms with E-state index in [1.54, 1.807) is 29.2 Å². The van der Waals surface area contributed by atoms with Crippen molar-refractivity contribution in [2.75, 3.05) is 0 Å². The number of ketones is 1. The van der Waals surface area contributed by atoms with E-state index in [-0.39, 0.29) is 29.9 Å². The van der Waals surface area contributed by atoms with Gasteiger partial charge in [0.2, 0.25) is 0 Å². The molecule has 0 radical (unpaired) electrons. The van der Waals surface area contributed by atoms with Gasteiger partial charge >= 0.3 is 6.09 Å². The van der Waals surface area contributed by atoms with E-state index < -0.39 is 5.60 Å². The minimum absolute atomic E-state index is 0.0762. The van der Waals surface area contributed by atoms with Gasteiger partial charge in [-0.05, 0) is 52.5 Å². The molecule has 1 amide bonds. The molecule has 2 unspecified atom stereocenters. The van der Waals surface area contributed by atoms with Crippen molar-refractivity contribution in [3.8, 4) is 0 Å². The maximum atomic E-state index is 13.1. The lowest BCUT2D eigenvalue weighted by molar-refractivity contribution is 0.00255. The molecule has 4 heterocycles. The number of ether oxygens (including phenoxy) is 1. The van der Waals surface area contributed by atoms with Crippen LogP contribution in [0.1, 0.15) is 56.8 Å². The summed E-state index contributed by atoms with van der Waals surface area (Å²) < 4.78 is 7.19. The first-order chi connectivity index (χ1) is 12.3. The van der Waals surface area contributed by atoms with Crippen LogP contribution < -0.4 is 0 Å². The smallest absolute Gasteiger partial charge is 0.410 e. The molecule has 0 N–H and O–H groups in total. The quantitative estimate of drug-likeness (QED) is 0.773. The first kappa shape index (κ1) is 17.0. The van der Waals surface area contributed by atoms with E-state index in [1.165, 1.54) is 0 Å². The molecule has 2 aliphatic heterocycles. The van der Waals surface area contributed by atoms with Gasteiger partial charge in [0.25, 0.3) is 0 Å². The molecule has 2 saturated heterocycles. The van der Waals surface area contributed by atoms with Crippen molar-refractivity contribution in [3.05, 3.63) is 30.2 Å². The molecule has 7 nitrogen and oxygen atoms in total. The summed E-state index contributed by atoms with van der Waals surface area (Å²) in [6.07, 6.45) is 8.02. The summed E-state index contributed by atoms with van der Waals surface area (Å²) >= 11 is 0. The Hall–Kier alpha value is -2.44. The first-order valence-electron chi connectivity index (χ1n) is 9.17. The number of nitrogens with zero attached hydrogens (tertiary/aromatic N) is 4. The molecule has 0 spiro atoms. The van der Waals surface area contributed by atoms with Gasteiger partial charge in [-0.25, -0.2) is 14.3 Å². The summed E-state index contributed by atoms with van der Waals surface area (Å²) in [6.45, 7) is 5.63. The van der Waals surface area contributed by atoms with Crippen LogP contribution >= 0.6 is 0 Å². The number of hydrogen-bond donors (Lipinski definition) is 0. The topological polar surface area (TPSA) is 76.8 Å². The van der Waals surface area contributed by atoms with Gasteiger partial charge in [-0.3, -0.25) is 4.79 Å². The SMILES string of the molecule is CC(C)(C)OC(=O)N1C2CCC1CC(C(=O)c1cnn3cccnc13)C2. The molecule has 26 heavy (non-hydrogen) atoms. The third-order valence-electron chi connectivity index (χ3n) is 5.25. The van der Waals surface area contributed by atoms with Crippen LogP contribution in [0.4, 0.5) is 4.79 Å². The summed E-state index contributed by atoms with van der Waals surface area (Å²) in [7, 11) is 0. The van der Waals surface area contributed by atoms with E-state index in [1.807, 2.05) is 25.7 Å². The highest BCUT2D eigenvalue weighted by atomic mass is 16.6. The summed E-state index contributed by atoms with van der Waals surface area (Å²) in [5, 5.41) is 4.22. The molecular weight excluding hydrogens is 332 g/mol. The van der Waals surface area contributed by atoms with Gasteiger partial charge in [-0.1, -0.05) is 0 Å². The third-order valence-corrected chi connectivity index (χ3v) is 5.25. The van der Waals surface area contributed by atoms with E-state index in [0.29, 0.717) is 24.1 Å². The van der Waals surface area contributed by atoms with Crippen molar-refractivity contribution in [3.63, 3.8) is 0 Å². The van der Waals surface area contributed by atoms with Gasteiger partial charge in [0.05, 0.1) is 11.8 Å². The monoisotopic (exact) mass is 356 g/mol. The second-order valence-corrected chi connectivity index (χ2v) is 8.25. The first-order valence-corrected chi connectivity index (χ1v) is 9.17. The Morgan fingerprint density at radius 1 is 1.19 bits per heavy atom. The summed E-state index contributed by atoms with van der Waals surface area (Å²) in [5.74, 6) is -0.0133. The lowest BCUT2D eigenvalue weighted by atomic mass is 9.85. The van der Waals surface area contributed by atoms with Crippen LogP contribution in [0, 0.1) is 5.92 Å². The van der Waals surface area contributed by atoms with Crippen LogP contribution in [0.2, 0.25) is 0 Å². The molecular formula is C19H24N4O3. The number of amides is 1. The Bertz CT molecular complexity index is 840. The molecule has 2 bridgehead atoms. The van der Waals surface area contributed by atoms with Crippen LogP contribution in [-0.4, -0.2) is 49.1 Å². The third kappa shape index (κ3) is 2.95. The van der Waals surface area contributed by atoms with E-state index in [2.05, 4.69) is 10.1 Å². The standard InChI is InChI=1S/C19H24N4O3/c1-19(2,3)26-18(25)23-13-5-6-14(23)10-12(9-13)16(24)15-11-21-22-8-4-7-20-17(15)22/h4,7-8,11-14H,5-6,9-10H2,1-3H3. The normalized spacial score (nSPS) is 25.5. The second-order valence-electron chi connectivity index (χ2n) is 8.25. The van der Waals surface area contributed by atoms with Gasteiger partial charge < -0.3 is 9.64 Å². The van der Waals surface area contributed by atoms with Gasteiger partial charge in [-0.2, -0.15) is 5.10 Å². The zero-order valence-corrected chi connectivity index (χ0v) is 15.4. The maximum Gasteiger partial charge on any atom is 0.410 e. The molecule has 2 aromatic heterocycles. The number of aromatic nitrogens is 3. The van der Waals surface area contributed by atoms with Crippen LogP contribution in [0.5, 0.6) is 0 Å². The van der Waals surface area contributed by atoms with Crippen LogP contribution in [0.3, 0.4) is 0 Å². The molecule has 0 saturated carbocycles. The average molecular weight is 356 g/mol. The number of carbonyl (C=O) groups excluding carboxylic acids is 2. The van der Waals surface area contributed by atoms with Crippen molar-refractivity contribution in [2.24, 2.45) is 5.92 Å². The highest BCUT2D eigenvalue weighted by Gasteiger charge is 2.46. The second kappa shape index (κ2) is 6.07. The van der Waals surface area contributed by atoms with Crippen LogP contribution in [-0.2, 0) is 4.74 Å². The number of fused-ring (bicyclic) bond motifs is 3. The lowest BCUT2D eigenvalue weighted by Gasteiger charge is -2.38. The zero-order chi connectivity index (χ0) is 18.5. The fraction of sp³-hybridized carbons (Fsp3) is 0.579. The Kier molecular flexibility index (Phi) is 3.97. The average Bonchev–Trinajstić information content (AvgIpc) is 3.11. The fourth-order valence-corrected chi connectivity index (χ4v) is 4.22. The van der Waals surface area contributed by atoms with Crippen LogP contribution in [0.25, 0.3) is 5.65 Å². The number of hydrogen-bond acceptors (Lipinski definition) is 5. The fourth-order valence-electron chi connectivity index (χ4n) is 4.22.